The van der Waals surface area contributed by atoms with Gasteiger partial charge < -0.3 is 25.8 Å². The van der Waals surface area contributed by atoms with Crippen LogP contribution in [0.3, 0.4) is 0 Å². The van der Waals surface area contributed by atoms with Gasteiger partial charge in [-0.05, 0) is 24.6 Å². The van der Waals surface area contributed by atoms with Crippen LogP contribution < -0.4 is 25.8 Å². The second-order valence-electron chi connectivity index (χ2n) is 5.38. The summed E-state index contributed by atoms with van der Waals surface area (Å²) in [6, 6.07) is 4.78. The first-order valence-electron chi connectivity index (χ1n) is 8.08. The largest absolute Gasteiger partial charge is 0.493 e. The molecule has 1 unspecified atom stereocenters. The van der Waals surface area contributed by atoms with Crippen LogP contribution in [-0.2, 0) is 4.79 Å². The molecule has 8 heteroatoms. The highest BCUT2D eigenvalue weighted by Gasteiger charge is 2.15. The molecule has 0 aromatic heterocycles. The van der Waals surface area contributed by atoms with Crippen molar-refractivity contribution in [3.63, 3.8) is 0 Å². The Morgan fingerprint density at radius 3 is 2.56 bits per heavy atom. The van der Waals surface area contributed by atoms with Crippen LogP contribution in [0.25, 0.3) is 0 Å². The van der Waals surface area contributed by atoms with Crippen molar-refractivity contribution in [1.29, 1.82) is 0 Å². The summed E-state index contributed by atoms with van der Waals surface area (Å²) < 4.78 is 10.6. The summed E-state index contributed by atoms with van der Waals surface area (Å²) in [5.74, 6) is 0.335. The van der Waals surface area contributed by atoms with E-state index in [0.717, 1.165) is 19.3 Å². The van der Waals surface area contributed by atoms with Crippen molar-refractivity contribution in [1.82, 2.24) is 10.6 Å². The molecule has 2 amide bonds. The molecule has 0 aliphatic carbocycles. The minimum Gasteiger partial charge on any atom is -0.493 e. The van der Waals surface area contributed by atoms with E-state index in [4.69, 9.17) is 15.2 Å². The highest BCUT2D eigenvalue weighted by atomic mass is 35.5. The number of benzene rings is 1. The molecule has 0 saturated heterocycles. The van der Waals surface area contributed by atoms with E-state index in [1.54, 1.807) is 18.2 Å². The maximum absolute atomic E-state index is 12.3. The third kappa shape index (κ3) is 7.62. The fourth-order valence-electron chi connectivity index (χ4n) is 2.11. The van der Waals surface area contributed by atoms with Crippen molar-refractivity contribution in [3.8, 4) is 11.5 Å². The van der Waals surface area contributed by atoms with E-state index in [-0.39, 0.29) is 36.9 Å². The highest BCUT2D eigenvalue weighted by molar-refractivity contribution is 5.95. The summed E-state index contributed by atoms with van der Waals surface area (Å²) in [5.41, 5.74) is 6.16. The molecular weight excluding hydrogens is 346 g/mol. The number of methoxy groups -OCH3 is 1. The van der Waals surface area contributed by atoms with Crippen molar-refractivity contribution in [2.75, 3.05) is 27.3 Å². The molecule has 1 rings (SSSR count). The summed E-state index contributed by atoms with van der Waals surface area (Å²) in [7, 11) is 3.01. The Morgan fingerprint density at radius 2 is 2.00 bits per heavy atom. The van der Waals surface area contributed by atoms with Gasteiger partial charge in [-0.15, -0.1) is 12.4 Å². The molecule has 25 heavy (non-hydrogen) atoms. The zero-order chi connectivity index (χ0) is 17.9. The molecule has 0 aliphatic rings. The molecule has 0 aliphatic heterocycles. The third-order valence-corrected chi connectivity index (χ3v) is 3.59. The maximum Gasteiger partial charge on any atom is 0.257 e. The Labute approximate surface area is 155 Å². The lowest BCUT2D eigenvalue weighted by atomic mass is 10.1. The maximum atomic E-state index is 12.3. The van der Waals surface area contributed by atoms with E-state index in [9.17, 15) is 9.59 Å². The van der Waals surface area contributed by atoms with E-state index < -0.39 is 0 Å². The summed E-state index contributed by atoms with van der Waals surface area (Å²) in [6.07, 6.45) is 2.92. The molecule has 7 nitrogen and oxygen atoms in total. The number of likely N-dealkylation sites (N-methyl/N-ethyl adjacent to an activating group) is 1. The van der Waals surface area contributed by atoms with Crippen LogP contribution in [0.4, 0.5) is 0 Å². The molecule has 0 bridgehead atoms. The average Bonchev–Trinajstić information content (AvgIpc) is 2.62. The summed E-state index contributed by atoms with van der Waals surface area (Å²) in [6.45, 7) is 2.37. The van der Waals surface area contributed by atoms with Gasteiger partial charge in [0.15, 0.2) is 18.1 Å². The first kappa shape index (κ1) is 23.0. The number of nitrogens with two attached hydrogens (primary N) is 1. The monoisotopic (exact) mass is 373 g/mol. The van der Waals surface area contributed by atoms with Crippen LogP contribution in [0, 0.1) is 0 Å². The zero-order valence-electron chi connectivity index (χ0n) is 15.0. The lowest BCUT2D eigenvalue weighted by Gasteiger charge is -2.17. The third-order valence-electron chi connectivity index (χ3n) is 3.59. The summed E-state index contributed by atoms with van der Waals surface area (Å²) in [4.78, 5) is 23.6. The van der Waals surface area contributed by atoms with Crippen LogP contribution in [0.5, 0.6) is 11.5 Å². The number of carbonyl (C=O) groups is 2. The predicted octanol–water partition coefficient (Wildman–Crippen LogP) is 1.49. The van der Waals surface area contributed by atoms with Gasteiger partial charge in [-0.1, -0.05) is 19.8 Å². The van der Waals surface area contributed by atoms with E-state index in [0.29, 0.717) is 23.6 Å². The first-order valence-corrected chi connectivity index (χ1v) is 8.08. The molecule has 1 aromatic carbocycles. The highest BCUT2D eigenvalue weighted by Crippen LogP contribution is 2.28. The lowest BCUT2D eigenvalue weighted by molar-refractivity contribution is -0.122. The van der Waals surface area contributed by atoms with Crippen LogP contribution in [0.1, 0.15) is 36.5 Å². The van der Waals surface area contributed by atoms with Crippen molar-refractivity contribution in [2.24, 2.45) is 5.73 Å². The molecule has 1 atom stereocenters. The van der Waals surface area contributed by atoms with Crippen LogP contribution in [-0.4, -0.2) is 45.2 Å². The minimum absolute atomic E-state index is 0. The quantitative estimate of drug-likeness (QED) is 0.576. The van der Waals surface area contributed by atoms with E-state index in [1.165, 1.54) is 14.2 Å². The Hall–Kier alpha value is -1.99. The standard InChI is InChI=1S/C17H27N3O4.ClH/c1-4-5-6-13(10-18)20-17(22)12-7-8-14(15(9-12)23-3)24-11-16(21)19-2;/h7-9,13H,4-6,10-11,18H2,1-3H3,(H,19,21)(H,20,22);1H. The van der Waals surface area contributed by atoms with Crippen molar-refractivity contribution >= 4 is 24.2 Å². The van der Waals surface area contributed by atoms with Gasteiger partial charge in [0.2, 0.25) is 0 Å². The number of carbonyl (C=O) groups excluding carboxylic acids is 2. The smallest absolute Gasteiger partial charge is 0.257 e. The normalized spacial score (nSPS) is 11.0. The molecular formula is C17H28ClN3O4. The minimum atomic E-state index is -0.249. The number of amides is 2. The Kier molecular flexibility index (Phi) is 11.4. The molecule has 4 N–H and O–H groups in total. The molecule has 0 saturated carbocycles. The van der Waals surface area contributed by atoms with Crippen LogP contribution in [0.15, 0.2) is 18.2 Å². The topological polar surface area (TPSA) is 103 Å². The average molecular weight is 374 g/mol. The Balaban J connectivity index is 0.00000576. The summed E-state index contributed by atoms with van der Waals surface area (Å²) in [5, 5.41) is 5.39. The molecule has 142 valence electrons. The van der Waals surface area contributed by atoms with E-state index in [2.05, 4.69) is 17.6 Å². The fourth-order valence-corrected chi connectivity index (χ4v) is 2.11. The molecule has 1 aromatic rings. The van der Waals surface area contributed by atoms with Crippen LogP contribution >= 0.6 is 12.4 Å². The van der Waals surface area contributed by atoms with Gasteiger partial charge in [0, 0.05) is 25.2 Å². The van der Waals surface area contributed by atoms with Gasteiger partial charge >= 0.3 is 0 Å². The first-order chi connectivity index (χ1) is 11.5. The van der Waals surface area contributed by atoms with Gasteiger partial charge in [0.1, 0.15) is 0 Å². The molecule has 0 fully saturated rings. The van der Waals surface area contributed by atoms with E-state index >= 15 is 0 Å². The molecule has 0 heterocycles. The second kappa shape index (κ2) is 12.4. The number of hydrogen-bond donors (Lipinski definition) is 3. The lowest BCUT2D eigenvalue weighted by Crippen LogP contribution is -2.40. The molecule has 0 radical (unpaired) electrons. The van der Waals surface area contributed by atoms with Gasteiger partial charge in [0.05, 0.1) is 7.11 Å². The summed E-state index contributed by atoms with van der Waals surface area (Å²) >= 11 is 0. The number of unbranched alkanes of at least 4 members (excludes halogenated alkanes) is 1. The van der Waals surface area contributed by atoms with Crippen molar-refractivity contribution in [3.05, 3.63) is 23.8 Å². The predicted molar refractivity (Wildman–Crippen MR) is 99.6 cm³/mol. The Morgan fingerprint density at radius 1 is 1.28 bits per heavy atom. The fraction of sp³-hybridized carbons (Fsp3) is 0.529. The zero-order valence-corrected chi connectivity index (χ0v) is 15.8. The van der Waals surface area contributed by atoms with Crippen LogP contribution in [0.2, 0.25) is 0 Å². The van der Waals surface area contributed by atoms with Gasteiger partial charge in [0.25, 0.3) is 11.8 Å². The number of halogens is 1. The number of rotatable bonds is 10. The number of nitrogens with one attached hydrogen (secondary N) is 2. The van der Waals surface area contributed by atoms with Gasteiger partial charge in [-0.25, -0.2) is 0 Å². The molecule has 0 spiro atoms. The Bertz CT molecular complexity index is 555. The number of hydrogen-bond acceptors (Lipinski definition) is 5. The van der Waals surface area contributed by atoms with Crippen molar-refractivity contribution < 1.29 is 19.1 Å². The van der Waals surface area contributed by atoms with Crippen molar-refractivity contribution in [2.45, 2.75) is 32.2 Å². The van der Waals surface area contributed by atoms with Gasteiger partial charge in [-0.2, -0.15) is 0 Å². The van der Waals surface area contributed by atoms with Gasteiger partial charge in [-0.3, -0.25) is 9.59 Å². The van der Waals surface area contributed by atoms with E-state index in [1.807, 2.05) is 0 Å². The second-order valence-corrected chi connectivity index (χ2v) is 5.38. The number of ether oxygens (including phenoxy) is 2. The SMILES string of the molecule is CCCCC(CN)NC(=O)c1ccc(OCC(=O)NC)c(OC)c1.Cl.